The largest absolute Gasteiger partial charge is 0.496 e. The standard InChI is InChI=1S/C24H24N2O5S/c1-30-22-10-8-18(15-20(22)24(27)26-11-13-31-14-12-26)32(28,29)25-21-9-7-17-6-5-16-3-2-4-19(21)23(16)17/h2-4,7-10,15,25H,5-6,11-14H2,1H3. The van der Waals surface area contributed by atoms with Gasteiger partial charge >= 0.3 is 0 Å². The molecule has 1 fully saturated rings. The molecule has 3 aromatic carbocycles. The van der Waals surface area contributed by atoms with Crippen molar-refractivity contribution in [2.45, 2.75) is 17.7 Å². The van der Waals surface area contributed by atoms with Crippen LogP contribution in [-0.4, -0.2) is 52.6 Å². The van der Waals surface area contributed by atoms with Gasteiger partial charge in [-0.3, -0.25) is 9.52 Å². The lowest BCUT2D eigenvalue weighted by Crippen LogP contribution is -2.40. The second kappa shape index (κ2) is 8.11. The van der Waals surface area contributed by atoms with Gasteiger partial charge in [0.2, 0.25) is 0 Å². The quantitative estimate of drug-likeness (QED) is 0.643. The third-order valence-electron chi connectivity index (χ3n) is 6.13. The molecule has 0 unspecified atom stereocenters. The van der Waals surface area contributed by atoms with E-state index in [0.29, 0.717) is 37.7 Å². The Hall–Kier alpha value is -3.10. The van der Waals surface area contributed by atoms with Crippen molar-refractivity contribution in [1.29, 1.82) is 0 Å². The molecular formula is C24H24N2O5S. The van der Waals surface area contributed by atoms with Gasteiger partial charge in [-0.05, 0) is 53.6 Å². The maximum absolute atomic E-state index is 13.3. The predicted molar refractivity (Wildman–Crippen MR) is 122 cm³/mol. The van der Waals surface area contributed by atoms with Gasteiger partial charge in [0.05, 0.1) is 36.5 Å². The van der Waals surface area contributed by atoms with Crippen molar-refractivity contribution in [1.82, 2.24) is 4.90 Å². The minimum Gasteiger partial charge on any atom is -0.496 e. The van der Waals surface area contributed by atoms with Crippen LogP contribution in [0.5, 0.6) is 5.75 Å². The number of benzene rings is 3. The molecule has 1 aliphatic carbocycles. The maximum atomic E-state index is 13.3. The van der Waals surface area contributed by atoms with E-state index in [1.165, 1.54) is 36.4 Å². The molecule has 0 bridgehead atoms. The Kier molecular flexibility index (Phi) is 5.27. The molecule has 0 radical (unpaired) electrons. The molecule has 1 aliphatic heterocycles. The summed E-state index contributed by atoms with van der Waals surface area (Å²) >= 11 is 0. The van der Waals surface area contributed by atoms with Crippen LogP contribution in [0.3, 0.4) is 0 Å². The Balaban J connectivity index is 1.51. The van der Waals surface area contributed by atoms with Gasteiger partial charge in [-0.25, -0.2) is 8.42 Å². The van der Waals surface area contributed by atoms with Crippen LogP contribution in [0.2, 0.25) is 0 Å². The van der Waals surface area contributed by atoms with Crippen molar-refractivity contribution in [3.63, 3.8) is 0 Å². The van der Waals surface area contributed by atoms with E-state index in [2.05, 4.69) is 10.8 Å². The Morgan fingerprint density at radius 1 is 1.03 bits per heavy atom. The van der Waals surface area contributed by atoms with Gasteiger partial charge in [0, 0.05) is 18.5 Å². The van der Waals surface area contributed by atoms with Crippen LogP contribution in [0.1, 0.15) is 21.5 Å². The number of carbonyl (C=O) groups is 1. The van der Waals surface area contributed by atoms with Gasteiger partial charge in [0.25, 0.3) is 15.9 Å². The molecule has 0 aromatic heterocycles. The van der Waals surface area contributed by atoms with Gasteiger partial charge in [-0.2, -0.15) is 0 Å². The second-order valence-corrected chi connectivity index (χ2v) is 9.67. The first kappa shape index (κ1) is 20.8. The van der Waals surface area contributed by atoms with Crippen LogP contribution in [0, 0.1) is 0 Å². The molecule has 0 saturated carbocycles. The molecule has 1 heterocycles. The summed E-state index contributed by atoms with van der Waals surface area (Å²) in [6.07, 6.45) is 1.93. The summed E-state index contributed by atoms with van der Waals surface area (Å²) in [6, 6.07) is 14.1. The number of rotatable bonds is 5. The van der Waals surface area contributed by atoms with Gasteiger partial charge in [-0.1, -0.05) is 24.3 Å². The number of amides is 1. The van der Waals surface area contributed by atoms with E-state index in [0.717, 1.165) is 23.6 Å². The first-order valence-electron chi connectivity index (χ1n) is 10.6. The molecule has 0 atom stereocenters. The van der Waals surface area contributed by atoms with Crippen molar-refractivity contribution in [2.75, 3.05) is 38.1 Å². The predicted octanol–water partition coefficient (Wildman–Crippen LogP) is 3.22. The number of carbonyl (C=O) groups excluding carboxylic acids is 1. The second-order valence-electron chi connectivity index (χ2n) is 7.98. The van der Waals surface area contributed by atoms with Crippen molar-refractivity contribution in [3.05, 3.63) is 65.2 Å². The number of anilines is 1. The number of morpholine rings is 1. The molecule has 1 amide bonds. The van der Waals surface area contributed by atoms with Crippen LogP contribution in [-0.2, 0) is 27.6 Å². The van der Waals surface area contributed by atoms with Crippen LogP contribution in [0.15, 0.2) is 53.4 Å². The number of nitrogens with zero attached hydrogens (tertiary/aromatic N) is 1. The summed E-state index contributed by atoms with van der Waals surface area (Å²) in [7, 11) is -2.46. The number of sulfonamides is 1. The lowest BCUT2D eigenvalue weighted by Gasteiger charge is -2.27. The summed E-state index contributed by atoms with van der Waals surface area (Å²) in [5, 5.41) is 2.02. The monoisotopic (exact) mass is 452 g/mol. The highest BCUT2D eigenvalue weighted by Gasteiger charge is 2.25. The average Bonchev–Trinajstić information content (AvgIpc) is 3.25. The van der Waals surface area contributed by atoms with E-state index in [-0.39, 0.29) is 16.4 Å². The fourth-order valence-corrected chi connectivity index (χ4v) is 5.60. The van der Waals surface area contributed by atoms with E-state index >= 15 is 0 Å². The summed E-state index contributed by atoms with van der Waals surface area (Å²) in [5.74, 6) is 0.0679. The highest BCUT2D eigenvalue weighted by molar-refractivity contribution is 7.92. The Morgan fingerprint density at radius 2 is 1.78 bits per heavy atom. The van der Waals surface area contributed by atoms with Crippen LogP contribution in [0.25, 0.3) is 10.8 Å². The van der Waals surface area contributed by atoms with Crippen molar-refractivity contribution in [2.24, 2.45) is 0 Å². The zero-order valence-electron chi connectivity index (χ0n) is 17.8. The van der Waals surface area contributed by atoms with Gasteiger partial charge < -0.3 is 14.4 Å². The van der Waals surface area contributed by atoms with E-state index in [1.54, 1.807) is 4.90 Å². The highest BCUT2D eigenvalue weighted by Crippen LogP contribution is 2.36. The fraction of sp³-hybridized carbons (Fsp3) is 0.292. The SMILES string of the molecule is COc1ccc(S(=O)(=O)Nc2ccc3c4c(cccc24)CC3)cc1C(=O)N1CCOCC1. The van der Waals surface area contributed by atoms with Crippen molar-refractivity contribution < 1.29 is 22.7 Å². The number of aryl methyl sites for hydroxylation is 2. The minimum absolute atomic E-state index is 0.0122. The molecule has 1 saturated heterocycles. The first-order valence-corrected chi connectivity index (χ1v) is 12.1. The van der Waals surface area contributed by atoms with Crippen LogP contribution >= 0.6 is 0 Å². The van der Waals surface area contributed by atoms with E-state index in [4.69, 9.17) is 9.47 Å². The third kappa shape index (κ3) is 3.59. The van der Waals surface area contributed by atoms with Crippen molar-refractivity contribution >= 4 is 32.4 Å². The molecule has 7 nitrogen and oxygen atoms in total. The zero-order valence-corrected chi connectivity index (χ0v) is 18.6. The van der Waals surface area contributed by atoms with Gasteiger partial charge in [0.1, 0.15) is 5.75 Å². The molecule has 0 spiro atoms. The fourth-order valence-electron chi connectivity index (χ4n) is 4.50. The molecular weight excluding hydrogens is 428 g/mol. The Labute approximate surface area is 187 Å². The van der Waals surface area contributed by atoms with Crippen LogP contribution < -0.4 is 9.46 Å². The number of methoxy groups -OCH3 is 1. The number of ether oxygens (including phenoxy) is 2. The zero-order chi connectivity index (χ0) is 22.3. The summed E-state index contributed by atoms with van der Waals surface area (Å²) < 4.78 is 40.0. The Morgan fingerprint density at radius 3 is 2.53 bits per heavy atom. The van der Waals surface area contributed by atoms with E-state index < -0.39 is 10.0 Å². The lowest BCUT2D eigenvalue weighted by molar-refractivity contribution is 0.0300. The average molecular weight is 453 g/mol. The molecule has 1 N–H and O–H groups in total. The first-order chi connectivity index (χ1) is 15.5. The minimum atomic E-state index is -3.92. The van der Waals surface area contributed by atoms with Crippen LogP contribution in [0.4, 0.5) is 5.69 Å². The Bertz CT molecular complexity index is 1300. The smallest absolute Gasteiger partial charge is 0.261 e. The van der Waals surface area contributed by atoms with Gasteiger partial charge in [0.15, 0.2) is 0 Å². The molecule has 8 heteroatoms. The topological polar surface area (TPSA) is 84.9 Å². The highest BCUT2D eigenvalue weighted by atomic mass is 32.2. The number of hydrogen-bond donors (Lipinski definition) is 1. The number of hydrogen-bond acceptors (Lipinski definition) is 5. The summed E-state index contributed by atoms with van der Waals surface area (Å²) in [6.45, 7) is 1.83. The third-order valence-corrected chi connectivity index (χ3v) is 7.49. The van der Waals surface area contributed by atoms with Crippen molar-refractivity contribution in [3.8, 4) is 5.75 Å². The number of nitrogens with one attached hydrogen (secondary N) is 1. The molecule has 166 valence electrons. The van der Waals surface area contributed by atoms with E-state index in [1.807, 2.05) is 24.3 Å². The summed E-state index contributed by atoms with van der Waals surface area (Å²) in [5.41, 5.74) is 3.23. The normalized spacial score (nSPS) is 15.7. The lowest BCUT2D eigenvalue weighted by atomic mass is 10.0. The molecule has 3 aromatic rings. The maximum Gasteiger partial charge on any atom is 0.261 e. The summed E-state index contributed by atoms with van der Waals surface area (Å²) in [4.78, 5) is 14.7. The molecule has 32 heavy (non-hydrogen) atoms. The molecule has 5 rings (SSSR count). The van der Waals surface area contributed by atoms with E-state index in [9.17, 15) is 13.2 Å². The van der Waals surface area contributed by atoms with Gasteiger partial charge in [-0.15, -0.1) is 0 Å². The molecule has 2 aliphatic rings.